The fourth-order valence-corrected chi connectivity index (χ4v) is 3.30. The Hall–Kier alpha value is -1.31. The highest BCUT2D eigenvalue weighted by Gasteiger charge is 2.05. The van der Waals surface area contributed by atoms with Crippen LogP contribution in [0.3, 0.4) is 0 Å². The highest BCUT2D eigenvalue weighted by molar-refractivity contribution is 5.90. The number of amides is 1. The molecule has 1 amide bonds. The number of rotatable bonds is 15. The van der Waals surface area contributed by atoms with Gasteiger partial charge in [0.1, 0.15) is 0 Å². The third-order valence-electron chi connectivity index (χ3n) is 5.38. The summed E-state index contributed by atoms with van der Waals surface area (Å²) in [5, 5.41) is 3.02. The first-order valence-corrected chi connectivity index (χ1v) is 11.1. The maximum atomic E-state index is 12.0. The van der Waals surface area contributed by atoms with Crippen LogP contribution in [0, 0.1) is 0 Å². The van der Waals surface area contributed by atoms with E-state index in [2.05, 4.69) is 38.2 Å². The maximum Gasteiger partial charge on any atom is 0.224 e. The van der Waals surface area contributed by atoms with Gasteiger partial charge in [-0.25, -0.2) is 0 Å². The predicted octanol–water partition coefficient (Wildman–Crippen LogP) is 7.84. The van der Waals surface area contributed by atoms with Crippen molar-refractivity contribution in [3.05, 3.63) is 29.8 Å². The standard InChI is InChI=1S/C24H41NO/c1-4-6-7-8-9-10-11-12-13-14-15-16-24(26)25-23-19-17-22(18-20-23)21(3)5-2/h17-21H,4-16H2,1-3H3,(H,25,26)/t21-/m0/s1. The van der Waals surface area contributed by atoms with Gasteiger partial charge in [0.25, 0.3) is 0 Å². The number of carbonyl (C=O) groups is 1. The number of hydrogen-bond donors (Lipinski definition) is 1. The van der Waals surface area contributed by atoms with E-state index in [1.54, 1.807) is 0 Å². The van der Waals surface area contributed by atoms with Gasteiger partial charge in [-0.05, 0) is 36.5 Å². The first-order chi connectivity index (χ1) is 12.7. The van der Waals surface area contributed by atoms with Crippen LogP contribution in [0.25, 0.3) is 0 Å². The average Bonchev–Trinajstić information content (AvgIpc) is 2.66. The van der Waals surface area contributed by atoms with Crippen LogP contribution in [-0.4, -0.2) is 5.91 Å². The minimum atomic E-state index is 0.150. The van der Waals surface area contributed by atoms with Crippen molar-refractivity contribution < 1.29 is 4.79 Å². The maximum absolute atomic E-state index is 12.0. The van der Waals surface area contributed by atoms with Crippen LogP contribution < -0.4 is 5.32 Å². The average molecular weight is 360 g/mol. The monoisotopic (exact) mass is 359 g/mol. The minimum absolute atomic E-state index is 0.150. The Morgan fingerprint density at radius 1 is 0.808 bits per heavy atom. The molecule has 0 aliphatic heterocycles. The van der Waals surface area contributed by atoms with Crippen LogP contribution in [0.1, 0.15) is 116 Å². The van der Waals surface area contributed by atoms with Crippen LogP contribution in [0.15, 0.2) is 24.3 Å². The molecule has 0 spiro atoms. The van der Waals surface area contributed by atoms with Gasteiger partial charge >= 0.3 is 0 Å². The van der Waals surface area contributed by atoms with E-state index in [0.29, 0.717) is 12.3 Å². The summed E-state index contributed by atoms with van der Waals surface area (Å²) in [6, 6.07) is 8.32. The summed E-state index contributed by atoms with van der Waals surface area (Å²) in [4.78, 5) is 12.0. The van der Waals surface area contributed by atoms with Crippen molar-refractivity contribution in [1.82, 2.24) is 0 Å². The van der Waals surface area contributed by atoms with Gasteiger partial charge < -0.3 is 5.32 Å². The number of carbonyl (C=O) groups excluding carboxylic acids is 1. The highest BCUT2D eigenvalue weighted by atomic mass is 16.1. The second-order valence-corrected chi connectivity index (χ2v) is 7.77. The number of benzene rings is 1. The Morgan fingerprint density at radius 3 is 1.81 bits per heavy atom. The number of anilines is 1. The molecule has 148 valence electrons. The lowest BCUT2D eigenvalue weighted by Crippen LogP contribution is -2.11. The molecule has 0 unspecified atom stereocenters. The molecule has 2 heteroatoms. The SMILES string of the molecule is CCCCCCCCCCCCCC(=O)Nc1ccc([C@@H](C)CC)cc1. The van der Waals surface area contributed by atoms with Crippen LogP contribution in [0.5, 0.6) is 0 Å². The van der Waals surface area contributed by atoms with Crippen molar-refractivity contribution >= 4 is 11.6 Å². The number of unbranched alkanes of at least 4 members (excludes halogenated alkanes) is 10. The molecule has 1 N–H and O–H groups in total. The van der Waals surface area contributed by atoms with Gasteiger partial charge in [-0.2, -0.15) is 0 Å². The molecule has 0 aromatic heterocycles. The van der Waals surface area contributed by atoms with E-state index < -0.39 is 0 Å². The van der Waals surface area contributed by atoms with Crippen molar-refractivity contribution in [2.45, 2.75) is 110 Å². The molecule has 0 heterocycles. The van der Waals surface area contributed by atoms with Crippen molar-refractivity contribution in [2.24, 2.45) is 0 Å². The predicted molar refractivity (Wildman–Crippen MR) is 115 cm³/mol. The third kappa shape index (κ3) is 10.6. The Morgan fingerprint density at radius 2 is 1.31 bits per heavy atom. The van der Waals surface area contributed by atoms with E-state index in [4.69, 9.17) is 0 Å². The Bertz CT molecular complexity index is 466. The second kappa shape index (κ2) is 14.8. The normalized spacial score (nSPS) is 12.1. The Kier molecular flexibility index (Phi) is 13.0. The van der Waals surface area contributed by atoms with E-state index in [0.717, 1.165) is 18.5 Å². The largest absolute Gasteiger partial charge is 0.326 e. The second-order valence-electron chi connectivity index (χ2n) is 7.77. The quantitative estimate of drug-likeness (QED) is 0.317. The molecule has 26 heavy (non-hydrogen) atoms. The fraction of sp³-hybridized carbons (Fsp3) is 0.708. The van der Waals surface area contributed by atoms with Crippen molar-refractivity contribution in [3.63, 3.8) is 0 Å². The Balaban J connectivity index is 2.01. The van der Waals surface area contributed by atoms with Crippen molar-refractivity contribution in [1.29, 1.82) is 0 Å². The van der Waals surface area contributed by atoms with Gasteiger partial charge in [-0.3, -0.25) is 4.79 Å². The zero-order valence-electron chi connectivity index (χ0n) is 17.5. The lowest BCUT2D eigenvalue weighted by atomic mass is 9.98. The van der Waals surface area contributed by atoms with E-state index >= 15 is 0 Å². The topological polar surface area (TPSA) is 29.1 Å². The van der Waals surface area contributed by atoms with Crippen LogP contribution in [0.2, 0.25) is 0 Å². The smallest absolute Gasteiger partial charge is 0.224 e. The van der Waals surface area contributed by atoms with Crippen LogP contribution in [0.4, 0.5) is 5.69 Å². The molecule has 0 bridgehead atoms. The lowest BCUT2D eigenvalue weighted by molar-refractivity contribution is -0.116. The van der Waals surface area contributed by atoms with Gasteiger partial charge in [-0.1, -0.05) is 97.1 Å². The van der Waals surface area contributed by atoms with Gasteiger partial charge in [0, 0.05) is 12.1 Å². The molecule has 0 saturated carbocycles. The third-order valence-corrected chi connectivity index (χ3v) is 5.38. The molecule has 1 rings (SSSR count). The van der Waals surface area contributed by atoms with Crippen molar-refractivity contribution in [2.75, 3.05) is 5.32 Å². The van der Waals surface area contributed by atoms with Crippen LogP contribution >= 0.6 is 0 Å². The molecular formula is C24H41NO. The summed E-state index contributed by atoms with van der Waals surface area (Å²) >= 11 is 0. The molecule has 1 aromatic carbocycles. The molecule has 0 radical (unpaired) electrons. The highest BCUT2D eigenvalue weighted by Crippen LogP contribution is 2.20. The molecule has 0 aliphatic rings. The summed E-state index contributed by atoms with van der Waals surface area (Å²) in [5.41, 5.74) is 2.26. The molecule has 1 atom stereocenters. The molecular weight excluding hydrogens is 318 g/mol. The summed E-state index contributed by atoms with van der Waals surface area (Å²) in [5.74, 6) is 0.730. The first-order valence-electron chi connectivity index (χ1n) is 11.1. The van der Waals surface area contributed by atoms with E-state index in [1.165, 1.54) is 69.8 Å². The summed E-state index contributed by atoms with van der Waals surface area (Å²) in [6.07, 6.45) is 16.3. The van der Waals surface area contributed by atoms with Gasteiger partial charge in [0.05, 0.1) is 0 Å². The van der Waals surface area contributed by atoms with E-state index in [9.17, 15) is 4.79 Å². The summed E-state index contributed by atoms with van der Waals surface area (Å²) in [7, 11) is 0. The number of nitrogens with one attached hydrogen (secondary N) is 1. The first kappa shape index (κ1) is 22.7. The van der Waals surface area contributed by atoms with E-state index in [1.807, 2.05) is 12.1 Å². The zero-order chi connectivity index (χ0) is 19.0. The number of hydrogen-bond acceptors (Lipinski definition) is 1. The molecule has 0 fully saturated rings. The molecule has 0 saturated heterocycles. The molecule has 2 nitrogen and oxygen atoms in total. The van der Waals surface area contributed by atoms with E-state index in [-0.39, 0.29) is 5.91 Å². The zero-order valence-corrected chi connectivity index (χ0v) is 17.5. The van der Waals surface area contributed by atoms with Crippen molar-refractivity contribution in [3.8, 4) is 0 Å². The minimum Gasteiger partial charge on any atom is -0.326 e. The van der Waals surface area contributed by atoms with Gasteiger partial charge in [-0.15, -0.1) is 0 Å². The molecule has 1 aromatic rings. The fourth-order valence-electron chi connectivity index (χ4n) is 3.30. The van der Waals surface area contributed by atoms with Gasteiger partial charge in [0.2, 0.25) is 5.91 Å². The van der Waals surface area contributed by atoms with Crippen LogP contribution in [-0.2, 0) is 4.79 Å². The molecule has 0 aliphatic carbocycles. The lowest BCUT2D eigenvalue weighted by Gasteiger charge is -2.10. The Labute approximate surface area is 162 Å². The van der Waals surface area contributed by atoms with Gasteiger partial charge in [0.15, 0.2) is 0 Å². The summed E-state index contributed by atoms with van der Waals surface area (Å²) < 4.78 is 0. The summed E-state index contributed by atoms with van der Waals surface area (Å²) in [6.45, 7) is 6.71.